The first-order valence-corrected chi connectivity index (χ1v) is 11.0. The summed E-state index contributed by atoms with van der Waals surface area (Å²) in [6.07, 6.45) is -1.31. The van der Waals surface area contributed by atoms with Crippen LogP contribution in [0.2, 0.25) is 0 Å². The molecular formula is C23H24N2O6S. The van der Waals surface area contributed by atoms with E-state index in [-0.39, 0.29) is 11.3 Å². The van der Waals surface area contributed by atoms with Crippen molar-refractivity contribution in [3.8, 4) is 11.5 Å². The quantitative estimate of drug-likeness (QED) is 0.388. The molecule has 2 heterocycles. The van der Waals surface area contributed by atoms with Crippen LogP contribution in [0, 0.1) is 0 Å². The lowest BCUT2D eigenvalue weighted by molar-refractivity contribution is -0.164. The smallest absolute Gasteiger partial charge is 0.330 e. The van der Waals surface area contributed by atoms with E-state index in [1.807, 2.05) is 26.0 Å². The molecule has 2 amide bonds. The Bertz CT molecular complexity index is 959. The molecule has 9 heteroatoms. The van der Waals surface area contributed by atoms with Gasteiger partial charge in [0, 0.05) is 4.75 Å². The second kappa shape index (κ2) is 8.74. The summed E-state index contributed by atoms with van der Waals surface area (Å²) in [4.78, 5) is 39.7. The number of carbonyl (C=O) groups excluding carboxylic acids is 3. The lowest BCUT2D eigenvalue weighted by atomic mass is 9.96. The van der Waals surface area contributed by atoms with Crippen LogP contribution in [0.25, 0.3) is 0 Å². The third-order valence-electron chi connectivity index (χ3n) is 5.35. The summed E-state index contributed by atoms with van der Waals surface area (Å²) < 4.78 is 15.9. The summed E-state index contributed by atoms with van der Waals surface area (Å²) in [5.74, 6) is -0.494. The standard InChI is InChI=1S/C23H24N2O6S/c1-23(2)17(21(28)29-3)25-19(27)16(20(25)32-23)24-18(26)22(30-14-10-6-4-7-11-14)31-15-12-8-5-9-13-15/h4-13,16-17,20,22H,1-3H3,(H,24,26)/t16?,17?,20-/m1/s1. The zero-order chi connectivity index (χ0) is 22.9. The molecule has 2 saturated heterocycles. The number of benzene rings is 2. The average Bonchev–Trinajstić information content (AvgIpc) is 3.05. The molecule has 4 rings (SSSR count). The topological polar surface area (TPSA) is 94.2 Å². The van der Waals surface area contributed by atoms with Gasteiger partial charge in [0.2, 0.25) is 5.91 Å². The summed E-state index contributed by atoms with van der Waals surface area (Å²) in [6.45, 7) is 3.76. The van der Waals surface area contributed by atoms with E-state index >= 15 is 0 Å². The van der Waals surface area contributed by atoms with Gasteiger partial charge in [0.1, 0.15) is 29.0 Å². The molecule has 3 atom stereocenters. The Balaban J connectivity index is 1.50. The van der Waals surface area contributed by atoms with Gasteiger partial charge < -0.3 is 24.4 Å². The fourth-order valence-corrected chi connectivity index (χ4v) is 5.46. The molecule has 2 aliphatic heterocycles. The largest absolute Gasteiger partial charge is 0.467 e. The number of nitrogens with one attached hydrogen (secondary N) is 1. The Hall–Kier alpha value is -3.20. The van der Waals surface area contributed by atoms with Crippen LogP contribution in [0.1, 0.15) is 13.8 Å². The fraction of sp³-hybridized carbons (Fsp3) is 0.348. The maximum atomic E-state index is 13.1. The van der Waals surface area contributed by atoms with Gasteiger partial charge in [0.25, 0.3) is 0 Å². The van der Waals surface area contributed by atoms with Crippen molar-refractivity contribution < 1.29 is 28.6 Å². The van der Waals surface area contributed by atoms with Crippen molar-refractivity contribution in [3.05, 3.63) is 60.7 Å². The lowest BCUT2D eigenvalue weighted by Gasteiger charge is -2.44. The first-order chi connectivity index (χ1) is 15.3. The Labute approximate surface area is 190 Å². The predicted octanol–water partition coefficient (Wildman–Crippen LogP) is 2.19. The summed E-state index contributed by atoms with van der Waals surface area (Å²) in [6, 6.07) is 16.1. The molecule has 2 fully saturated rings. The molecule has 8 nitrogen and oxygen atoms in total. The number of nitrogens with zero attached hydrogens (tertiary/aromatic N) is 1. The normalized spacial score (nSPS) is 23.2. The molecule has 2 aromatic carbocycles. The van der Waals surface area contributed by atoms with E-state index in [0.29, 0.717) is 11.5 Å². The number of esters is 1. The molecule has 0 aromatic heterocycles. The molecule has 168 valence electrons. The minimum atomic E-state index is -1.31. The van der Waals surface area contributed by atoms with Crippen molar-refractivity contribution in [1.29, 1.82) is 0 Å². The second-order valence-corrected chi connectivity index (χ2v) is 9.73. The van der Waals surface area contributed by atoms with Crippen molar-refractivity contribution >= 4 is 29.5 Å². The number of carbonyl (C=O) groups is 3. The average molecular weight is 457 g/mol. The van der Waals surface area contributed by atoms with Gasteiger partial charge in [-0.25, -0.2) is 4.79 Å². The number of ether oxygens (including phenoxy) is 3. The highest BCUT2D eigenvalue weighted by atomic mass is 32.2. The van der Waals surface area contributed by atoms with E-state index < -0.39 is 35.0 Å². The van der Waals surface area contributed by atoms with Crippen LogP contribution in [0.15, 0.2) is 60.7 Å². The minimum Gasteiger partial charge on any atom is -0.467 e. The molecular weight excluding hydrogens is 432 g/mol. The molecule has 0 bridgehead atoms. The van der Waals surface area contributed by atoms with Crippen LogP contribution in [-0.4, -0.2) is 58.3 Å². The zero-order valence-corrected chi connectivity index (χ0v) is 18.7. The van der Waals surface area contributed by atoms with Crippen LogP contribution in [-0.2, 0) is 19.1 Å². The van der Waals surface area contributed by atoms with Crippen LogP contribution in [0.5, 0.6) is 11.5 Å². The van der Waals surface area contributed by atoms with Gasteiger partial charge in [0.15, 0.2) is 0 Å². The number of amides is 2. The van der Waals surface area contributed by atoms with Gasteiger partial charge in [0.05, 0.1) is 7.11 Å². The minimum absolute atomic E-state index is 0.338. The highest BCUT2D eigenvalue weighted by Crippen LogP contribution is 2.51. The summed E-state index contributed by atoms with van der Waals surface area (Å²) in [5, 5.41) is 2.37. The number of methoxy groups -OCH3 is 1. The van der Waals surface area contributed by atoms with Crippen molar-refractivity contribution in [2.24, 2.45) is 0 Å². The van der Waals surface area contributed by atoms with E-state index in [4.69, 9.17) is 14.2 Å². The first-order valence-electron chi connectivity index (χ1n) is 10.1. The van der Waals surface area contributed by atoms with Crippen LogP contribution < -0.4 is 14.8 Å². The number of hydrogen-bond donors (Lipinski definition) is 1. The molecule has 0 aliphatic carbocycles. The summed E-state index contributed by atoms with van der Waals surface area (Å²) in [7, 11) is 1.30. The highest BCUT2D eigenvalue weighted by molar-refractivity contribution is 8.01. The van der Waals surface area contributed by atoms with Gasteiger partial charge in [-0.1, -0.05) is 36.4 Å². The molecule has 0 radical (unpaired) electrons. The zero-order valence-electron chi connectivity index (χ0n) is 17.9. The van der Waals surface area contributed by atoms with Gasteiger partial charge in [-0.05, 0) is 38.1 Å². The fourth-order valence-electron chi connectivity index (χ4n) is 3.84. The molecule has 2 aliphatic rings. The number of para-hydroxylation sites is 2. The number of β-lactam (4-membered cyclic amide) rings is 1. The molecule has 0 saturated carbocycles. The third kappa shape index (κ3) is 4.12. The van der Waals surface area contributed by atoms with Crippen LogP contribution >= 0.6 is 11.8 Å². The first kappa shape index (κ1) is 22.0. The SMILES string of the molecule is COC(=O)C1N2C(=O)C(NC(=O)C(Oc3ccccc3)Oc3ccccc3)[C@H]2SC1(C)C. The van der Waals surface area contributed by atoms with E-state index in [9.17, 15) is 14.4 Å². The number of thioether (sulfide) groups is 1. The van der Waals surface area contributed by atoms with Crippen molar-refractivity contribution in [1.82, 2.24) is 10.2 Å². The molecule has 0 spiro atoms. The Kier molecular flexibility index (Phi) is 6.01. The van der Waals surface area contributed by atoms with Crippen molar-refractivity contribution in [2.45, 2.75) is 42.3 Å². The van der Waals surface area contributed by atoms with Crippen LogP contribution in [0.3, 0.4) is 0 Å². The molecule has 32 heavy (non-hydrogen) atoms. The molecule has 2 unspecified atom stereocenters. The second-order valence-electron chi connectivity index (χ2n) is 7.96. The summed E-state index contributed by atoms with van der Waals surface area (Å²) in [5.41, 5.74) is 0. The van der Waals surface area contributed by atoms with Crippen molar-refractivity contribution in [3.63, 3.8) is 0 Å². The van der Waals surface area contributed by atoms with Gasteiger partial charge in [-0.3, -0.25) is 9.59 Å². The third-order valence-corrected chi connectivity index (χ3v) is 6.92. The van der Waals surface area contributed by atoms with Gasteiger partial charge in [-0.2, -0.15) is 0 Å². The highest BCUT2D eigenvalue weighted by Gasteiger charge is 2.64. The predicted molar refractivity (Wildman–Crippen MR) is 118 cm³/mol. The number of hydrogen-bond acceptors (Lipinski definition) is 7. The Morgan fingerprint density at radius 1 is 1.00 bits per heavy atom. The maximum absolute atomic E-state index is 13.1. The van der Waals surface area contributed by atoms with E-state index in [0.717, 1.165) is 0 Å². The van der Waals surface area contributed by atoms with E-state index in [2.05, 4.69) is 5.32 Å². The van der Waals surface area contributed by atoms with Crippen molar-refractivity contribution in [2.75, 3.05) is 7.11 Å². The van der Waals surface area contributed by atoms with Crippen LogP contribution in [0.4, 0.5) is 0 Å². The number of rotatable bonds is 7. The summed E-state index contributed by atoms with van der Waals surface area (Å²) >= 11 is 1.45. The maximum Gasteiger partial charge on any atom is 0.330 e. The Morgan fingerprint density at radius 3 is 2.03 bits per heavy atom. The monoisotopic (exact) mass is 456 g/mol. The van der Waals surface area contributed by atoms with Gasteiger partial charge in [-0.15, -0.1) is 11.8 Å². The molecule has 2 aromatic rings. The van der Waals surface area contributed by atoms with E-state index in [1.165, 1.54) is 23.8 Å². The Morgan fingerprint density at radius 2 is 1.53 bits per heavy atom. The van der Waals surface area contributed by atoms with E-state index in [1.54, 1.807) is 48.5 Å². The molecule has 1 N–H and O–H groups in total. The lowest BCUT2D eigenvalue weighted by Crippen LogP contribution is -2.71. The number of fused-ring (bicyclic) bond motifs is 1. The van der Waals surface area contributed by atoms with Gasteiger partial charge >= 0.3 is 18.2 Å².